The molecule has 0 saturated heterocycles. The Morgan fingerprint density at radius 1 is 1.33 bits per heavy atom. The quantitative estimate of drug-likeness (QED) is 0.411. The molecule has 1 unspecified atom stereocenters. The molecule has 0 aliphatic heterocycles. The van der Waals surface area contributed by atoms with Crippen LogP contribution in [0.1, 0.15) is 25.8 Å². The van der Waals surface area contributed by atoms with Crippen LogP contribution in [0, 0.1) is 0 Å². The van der Waals surface area contributed by atoms with Gasteiger partial charge in [0.2, 0.25) is 5.88 Å². The maximum atomic E-state index is 5.98. The summed E-state index contributed by atoms with van der Waals surface area (Å²) in [6.45, 7) is 5.91. The Balaban J connectivity index is 1.98. The lowest BCUT2D eigenvalue weighted by atomic mass is 10.1. The van der Waals surface area contributed by atoms with E-state index in [2.05, 4.69) is 16.9 Å². The monoisotopic (exact) mass is 370 g/mol. The topological polar surface area (TPSA) is 73.5 Å². The molecular weight excluding hydrogens is 348 g/mol. The second-order valence-electron chi connectivity index (χ2n) is 5.41. The summed E-state index contributed by atoms with van der Waals surface area (Å²) in [7, 11) is 1.99. The molecular formula is C16H23ClN4O2S. The van der Waals surface area contributed by atoms with Gasteiger partial charge in [-0.2, -0.15) is 0 Å². The van der Waals surface area contributed by atoms with Crippen LogP contribution in [-0.4, -0.2) is 40.6 Å². The molecule has 0 aromatic carbocycles. The molecule has 2 N–H and O–H groups in total. The van der Waals surface area contributed by atoms with E-state index in [0.717, 1.165) is 29.3 Å². The number of nitrogens with two attached hydrogens (primary N) is 1. The number of hydrogen-bond acceptors (Lipinski definition) is 7. The minimum absolute atomic E-state index is 0.0751. The first-order valence-electron chi connectivity index (χ1n) is 7.85. The summed E-state index contributed by atoms with van der Waals surface area (Å²) in [6, 6.07) is 1.79. The average molecular weight is 371 g/mol. The Morgan fingerprint density at radius 3 is 2.83 bits per heavy atom. The van der Waals surface area contributed by atoms with Gasteiger partial charge >= 0.3 is 0 Å². The van der Waals surface area contributed by atoms with Crippen LogP contribution in [0.25, 0.3) is 10.8 Å². The van der Waals surface area contributed by atoms with E-state index in [4.69, 9.17) is 26.3 Å². The normalized spacial score (nSPS) is 12.8. The molecule has 2 heterocycles. The van der Waals surface area contributed by atoms with E-state index in [9.17, 15) is 0 Å². The van der Waals surface area contributed by atoms with Crippen molar-refractivity contribution >= 4 is 34.6 Å². The smallest absolute Gasteiger partial charge is 0.222 e. The van der Waals surface area contributed by atoms with Crippen molar-refractivity contribution in [2.24, 2.45) is 5.73 Å². The predicted octanol–water partition coefficient (Wildman–Crippen LogP) is 3.43. The number of aromatic nitrogens is 2. The molecule has 132 valence electrons. The number of fused-ring (bicyclic) bond motifs is 1. The summed E-state index contributed by atoms with van der Waals surface area (Å²) in [5.41, 5.74) is 6.67. The molecule has 0 aliphatic rings. The molecule has 2 aromatic rings. The Morgan fingerprint density at radius 2 is 2.12 bits per heavy atom. The summed E-state index contributed by atoms with van der Waals surface area (Å²) in [5, 5.41) is 2.16. The van der Waals surface area contributed by atoms with Gasteiger partial charge in [0.1, 0.15) is 5.15 Å². The van der Waals surface area contributed by atoms with Gasteiger partial charge in [-0.25, -0.2) is 14.3 Å². The molecule has 0 fully saturated rings. The van der Waals surface area contributed by atoms with Crippen LogP contribution in [0.4, 0.5) is 0 Å². The van der Waals surface area contributed by atoms with Gasteiger partial charge < -0.3 is 10.5 Å². The molecule has 0 aliphatic carbocycles. The second kappa shape index (κ2) is 9.39. The summed E-state index contributed by atoms with van der Waals surface area (Å²) < 4.78 is 13.5. The van der Waals surface area contributed by atoms with Gasteiger partial charge in [0, 0.05) is 31.9 Å². The van der Waals surface area contributed by atoms with Crippen molar-refractivity contribution in [1.29, 1.82) is 0 Å². The maximum absolute atomic E-state index is 5.98. The SMILES string of the molecule is CCN(C)SOC(C)CCOc1ncc(CN)c2cc(Cl)ncc12. The van der Waals surface area contributed by atoms with E-state index in [1.54, 1.807) is 18.5 Å². The Bertz CT molecular complexity index is 674. The highest BCUT2D eigenvalue weighted by Crippen LogP contribution is 2.27. The second-order valence-corrected chi connectivity index (χ2v) is 6.76. The largest absolute Gasteiger partial charge is 0.477 e. The van der Waals surface area contributed by atoms with E-state index in [0.29, 0.717) is 24.2 Å². The molecule has 8 heteroatoms. The van der Waals surface area contributed by atoms with Crippen LogP contribution < -0.4 is 10.5 Å². The van der Waals surface area contributed by atoms with Crippen molar-refractivity contribution < 1.29 is 8.92 Å². The third-order valence-corrected chi connectivity index (χ3v) is 4.68. The third kappa shape index (κ3) is 5.19. The summed E-state index contributed by atoms with van der Waals surface area (Å²) in [4.78, 5) is 8.47. The Kier molecular flexibility index (Phi) is 7.51. The molecule has 2 rings (SSSR count). The van der Waals surface area contributed by atoms with Crippen LogP contribution >= 0.6 is 23.8 Å². The molecule has 24 heavy (non-hydrogen) atoms. The fraction of sp³-hybridized carbons (Fsp3) is 0.500. The number of pyridine rings is 2. The van der Waals surface area contributed by atoms with Gasteiger partial charge in [-0.3, -0.25) is 4.18 Å². The first-order chi connectivity index (χ1) is 11.5. The number of halogens is 1. The zero-order valence-corrected chi connectivity index (χ0v) is 15.7. The molecule has 0 amide bonds. The highest BCUT2D eigenvalue weighted by Gasteiger charge is 2.11. The Labute approximate surface area is 152 Å². The van der Waals surface area contributed by atoms with Gasteiger partial charge in [0.15, 0.2) is 0 Å². The van der Waals surface area contributed by atoms with Gasteiger partial charge in [-0.1, -0.05) is 18.5 Å². The zero-order chi connectivity index (χ0) is 17.5. The van der Waals surface area contributed by atoms with Crippen molar-refractivity contribution in [3.8, 4) is 5.88 Å². The van der Waals surface area contributed by atoms with E-state index >= 15 is 0 Å². The summed E-state index contributed by atoms with van der Waals surface area (Å²) in [5.74, 6) is 0.539. The lowest BCUT2D eigenvalue weighted by Crippen LogP contribution is -2.15. The first kappa shape index (κ1) is 19.2. The van der Waals surface area contributed by atoms with Crippen LogP contribution in [-0.2, 0) is 10.7 Å². The number of nitrogens with zero attached hydrogens (tertiary/aromatic N) is 3. The van der Waals surface area contributed by atoms with E-state index < -0.39 is 0 Å². The van der Waals surface area contributed by atoms with Crippen LogP contribution in [0.15, 0.2) is 18.5 Å². The summed E-state index contributed by atoms with van der Waals surface area (Å²) in [6.07, 6.45) is 4.23. The van der Waals surface area contributed by atoms with Crippen LogP contribution in [0.3, 0.4) is 0 Å². The van der Waals surface area contributed by atoms with E-state index in [-0.39, 0.29) is 6.10 Å². The van der Waals surface area contributed by atoms with Crippen molar-refractivity contribution in [2.75, 3.05) is 20.2 Å². The van der Waals surface area contributed by atoms with Gasteiger partial charge in [-0.05, 0) is 31.0 Å². The third-order valence-electron chi connectivity index (χ3n) is 3.55. The van der Waals surface area contributed by atoms with Crippen molar-refractivity contribution in [1.82, 2.24) is 14.3 Å². The molecule has 1 atom stereocenters. The lowest BCUT2D eigenvalue weighted by molar-refractivity contribution is 0.194. The fourth-order valence-corrected chi connectivity index (χ4v) is 2.64. The van der Waals surface area contributed by atoms with Gasteiger partial charge in [-0.15, -0.1) is 0 Å². The maximum Gasteiger partial charge on any atom is 0.222 e. The van der Waals surface area contributed by atoms with Crippen LogP contribution in [0.5, 0.6) is 5.88 Å². The summed E-state index contributed by atoms with van der Waals surface area (Å²) >= 11 is 7.35. The average Bonchev–Trinajstić information content (AvgIpc) is 2.59. The Hall–Kier alpha value is -1.12. The van der Waals surface area contributed by atoms with Crippen molar-refractivity contribution in [3.63, 3.8) is 0 Å². The molecule has 0 saturated carbocycles. The molecule has 2 aromatic heterocycles. The number of rotatable bonds is 9. The predicted molar refractivity (Wildman–Crippen MR) is 99.0 cm³/mol. The fourth-order valence-electron chi connectivity index (χ4n) is 1.99. The van der Waals surface area contributed by atoms with Gasteiger partial charge in [0.25, 0.3) is 0 Å². The highest BCUT2D eigenvalue weighted by atomic mass is 35.5. The van der Waals surface area contributed by atoms with E-state index in [1.165, 1.54) is 12.2 Å². The zero-order valence-electron chi connectivity index (χ0n) is 14.2. The molecule has 0 bridgehead atoms. The van der Waals surface area contributed by atoms with Crippen LogP contribution in [0.2, 0.25) is 5.15 Å². The number of ether oxygens (including phenoxy) is 1. The first-order valence-corrected chi connectivity index (χ1v) is 8.93. The highest BCUT2D eigenvalue weighted by molar-refractivity contribution is 7.92. The minimum Gasteiger partial charge on any atom is -0.477 e. The number of hydrogen-bond donors (Lipinski definition) is 1. The lowest BCUT2D eigenvalue weighted by Gasteiger charge is -2.17. The van der Waals surface area contributed by atoms with Crippen molar-refractivity contribution in [3.05, 3.63) is 29.2 Å². The molecule has 0 radical (unpaired) electrons. The van der Waals surface area contributed by atoms with Crippen molar-refractivity contribution in [2.45, 2.75) is 32.9 Å². The molecule has 6 nitrogen and oxygen atoms in total. The standard InChI is InChI=1S/C16H23ClN4O2S/c1-4-21(3)24-23-11(2)5-6-22-16-14-10-19-15(17)7-13(14)12(8-18)9-20-16/h7,9-11H,4-6,8,18H2,1-3H3. The van der Waals surface area contributed by atoms with Gasteiger partial charge in [0.05, 0.1) is 30.3 Å². The minimum atomic E-state index is 0.0751. The van der Waals surface area contributed by atoms with E-state index in [1.807, 2.05) is 18.3 Å². The molecule has 0 spiro atoms.